The Bertz CT molecular complexity index is 127. The summed E-state index contributed by atoms with van der Waals surface area (Å²) in [5.74, 6) is 4.16. The van der Waals surface area contributed by atoms with Gasteiger partial charge in [0.1, 0.15) is 0 Å². The Hall–Kier alpha value is -0.610. The van der Waals surface area contributed by atoms with Crippen molar-refractivity contribution in [2.45, 2.75) is 39.5 Å². The average molecular weight is 175 g/mol. The maximum Gasteiger partial charge on any atom is 0.347 e. The summed E-state index contributed by atoms with van der Waals surface area (Å²) >= 11 is 0. The van der Waals surface area contributed by atoms with Gasteiger partial charge >= 0.3 is 5.97 Å². The van der Waals surface area contributed by atoms with Crippen LogP contribution in [0.15, 0.2) is 0 Å². The first-order chi connectivity index (χ1) is 5.76. The molecule has 0 spiro atoms. The molecule has 0 aliphatic rings. The van der Waals surface area contributed by atoms with Gasteiger partial charge in [0.05, 0.1) is 5.92 Å². The number of hydrogen-bond acceptors (Lipinski definition) is 4. The third-order valence-corrected chi connectivity index (χ3v) is 1.86. The molecule has 12 heavy (non-hydrogen) atoms. The van der Waals surface area contributed by atoms with Gasteiger partial charge in [0, 0.05) is 0 Å². The first kappa shape index (κ1) is 11.4. The van der Waals surface area contributed by atoms with Crippen molar-refractivity contribution >= 4 is 5.97 Å². The largest absolute Gasteiger partial charge is 0.347 e. The van der Waals surface area contributed by atoms with Crippen LogP contribution in [0.5, 0.6) is 0 Å². The summed E-state index contributed by atoms with van der Waals surface area (Å²) in [6, 6.07) is 0. The molecule has 0 bridgehead atoms. The maximum absolute atomic E-state index is 11.1. The Morgan fingerprint density at radius 3 is 2.58 bits per heavy atom. The fourth-order valence-corrected chi connectivity index (χ4v) is 1.05. The second-order valence-corrected chi connectivity index (χ2v) is 2.75. The highest BCUT2D eigenvalue weighted by molar-refractivity contribution is 5.71. The molecule has 2 N–H and O–H groups in total. The van der Waals surface area contributed by atoms with E-state index in [0.29, 0.717) is 0 Å². The number of carbonyl (C=O) groups excluding carboxylic acids is 1. The molecule has 0 radical (unpaired) electrons. The molecular formula is C8H17NO3. The van der Waals surface area contributed by atoms with Gasteiger partial charge < -0.3 is 0 Å². The molecule has 72 valence electrons. The molecule has 0 aromatic heterocycles. The molecule has 0 aromatic rings. The lowest BCUT2D eigenvalue weighted by molar-refractivity contribution is -0.280. The van der Waals surface area contributed by atoms with Crippen molar-refractivity contribution in [3.05, 3.63) is 0 Å². The summed E-state index contributed by atoms with van der Waals surface area (Å²) < 4.78 is 0. The highest BCUT2D eigenvalue weighted by atomic mass is 17.3. The fraction of sp³-hybridized carbons (Fsp3) is 0.875. The van der Waals surface area contributed by atoms with Gasteiger partial charge in [-0.2, -0.15) is 5.90 Å². The van der Waals surface area contributed by atoms with E-state index in [1.807, 2.05) is 6.92 Å². The van der Waals surface area contributed by atoms with E-state index in [9.17, 15) is 4.79 Å². The van der Waals surface area contributed by atoms with E-state index >= 15 is 0 Å². The van der Waals surface area contributed by atoms with Crippen LogP contribution >= 0.6 is 0 Å². The Kier molecular flexibility index (Phi) is 6.70. The summed E-state index contributed by atoms with van der Waals surface area (Å²) in [6.07, 6.45) is 3.71. The van der Waals surface area contributed by atoms with E-state index in [2.05, 4.69) is 22.7 Å². The van der Waals surface area contributed by atoms with Crippen LogP contribution in [0.1, 0.15) is 39.5 Å². The van der Waals surface area contributed by atoms with Gasteiger partial charge in [0.25, 0.3) is 0 Å². The van der Waals surface area contributed by atoms with Crippen LogP contribution in [-0.4, -0.2) is 5.97 Å². The summed E-state index contributed by atoms with van der Waals surface area (Å²) in [7, 11) is 0. The van der Waals surface area contributed by atoms with Crippen molar-refractivity contribution in [3.8, 4) is 0 Å². The summed E-state index contributed by atoms with van der Waals surface area (Å²) in [5.41, 5.74) is 0. The van der Waals surface area contributed by atoms with Crippen molar-refractivity contribution in [1.29, 1.82) is 0 Å². The lowest BCUT2D eigenvalue weighted by Crippen LogP contribution is -2.19. The van der Waals surface area contributed by atoms with Crippen LogP contribution in [-0.2, 0) is 14.7 Å². The molecule has 4 heteroatoms. The Balaban J connectivity index is 3.71. The highest BCUT2D eigenvalue weighted by Crippen LogP contribution is 2.13. The zero-order chi connectivity index (χ0) is 9.40. The van der Waals surface area contributed by atoms with Gasteiger partial charge in [-0.1, -0.05) is 31.7 Å². The standard InChI is InChI=1S/C8H17NO3/c1-3-5-6-7(4-2)8(10)11-12-9/h7H,3-6,9H2,1-2H3. The third kappa shape index (κ3) is 4.31. The maximum atomic E-state index is 11.1. The molecule has 1 unspecified atom stereocenters. The van der Waals surface area contributed by atoms with E-state index in [4.69, 9.17) is 0 Å². The second-order valence-electron chi connectivity index (χ2n) is 2.75. The van der Waals surface area contributed by atoms with Crippen LogP contribution in [0, 0.1) is 5.92 Å². The molecule has 0 amide bonds. The topological polar surface area (TPSA) is 61.5 Å². The van der Waals surface area contributed by atoms with Crippen molar-refractivity contribution in [2.75, 3.05) is 0 Å². The van der Waals surface area contributed by atoms with Gasteiger partial charge in [-0.05, 0) is 12.8 Å². The summed E-state index contributed by atoms with van der Waals surface area (Å²) in [6.45, 7) is 4.02. The molecule has 0 rings (SSSR count). The van der Waals surface area contributed by atoms with Gasteiger partial charge in [-0.15, -0.1) is 0 Å². The molecular weight excluding hydrogens is 158 g/mol. The highest BCUT2D eigenvalue weighted by Gasteiger charge is 2.17. The van der Waals surface area contributed by atoms with Crippen molar-refractivity contribution in [3.63, 3.8) is 0 Å². The monoisotopic (exact) mass is 175 g/mol. The van der Waals surface area contributed by atoms with Gasteiger partial charge in [0.15, 0.2) is 0 Å². The number of nitrogens with two attached hydrogens (primary N) is 1. The average Bonchev–Trinajstić information content (AvgIpc) is 2.06. The fourth-order valence-electron chi connectivity index (χ4n) is 1.05. The molecule has 4 nitrogen and oxygen atoms in total. The normalized spacial score (nSPS) is 12.6. The van der Waals surface area contributed by atoms with Gasteiger partial charge in [-0.3, -0.25) is 4.89 Å². The van der Waals surface area contributed by atoms with Gasteiger partial charge in [0.2, 0.25) is 0 Å². The number of rotatable bonds is 6. The summed E-state index contributed by atoms with van der Waals surface area (Å²) in [4.78, 5) is 19.1. The predicted octanol–water partition coefficient (Wildman–Crippen LogP) is 1.55. The molecule has 0 heterocycles. The van der Waals surface area contributed by atoms with Crippen LogP contribution in [0.4, 0.5) is 0 Å². The van der Waals surface area contributed by atoms with Crippen LogP contribution in [0.25, 0.3) is 0 Å². The zero-order valence-corrected chi connectivity index (χ0v) is 7.71. The number of unbranched alkanes of at least 4 members (excludes halogenated alkanes) is 1. The van der Waals surface area contributed by atoms with E-state index < -0.39 is 0 Å². The Labute approximate surface area is 72.9 Å². The van der Waals surface area contributed by atoms with Gasteiger partial charge in [-0.25, -0.2) is 4.79 Å². The van der Waals surface area contributed by atoms with E-state index in [1.165, 1.54) is 0 Å². The first-order valence-electron chi connectivity index (χ1n) is 4.33. The van der Waals surface area contributed by atoms with Crippen LogP contribution < -0.4 is 5.90 Å². The first-order valence-corrected chi connectivity index (χ1v) is 4.33. The molecule has 0 fully saturated rings. The zero-order valence-electron chi connectivity index (χ0n) is 7.71. The van der Waals surface area contributed by atoms with E-state index in [-0.39, 0.29) is 11.9 Å². The minimum absolute atomic E-state index is 0.0755. The van der Waals surface area contributed by atoms with Crippen molar-refractivity contribution < 1.29 is 14.7 Å². The number of hydrogen-bond donors (Lipinski definition) is 1. The quantitative estimate of drug-likeness (QED) is 0.491. The molecule has 0 aliphatic heterocycles. The third-order valence-electron chi connectivity index (χ3n) is 1.86. The SMILES string of the molecule is CCCCC(CC)C(=O)OON. The lowest BCUT2D eigenvalue weighted by Gasteiger charge is -2.10. The number of carbonyl (C=O) groups is 1. The smallest absolute Gasteiger partial charge is 0.280 e. The Morgan fingerprint density at radius 2 is 2.17 bits per heavy atom. The molecule has 0 aliphatic carbocycles. The van der Waals surface area contributed by atoms with Crippen molar-refractivity contribution in [1.82, 2.24) is 0 Å². The second kappa shape index (κ2) is 7.06. The minimum Gasteiger partial charge on any atom is -0.280 e. The molecule has 1 atom stereocenters. The predicted molar refractivity (Wildman–Crippen MR) is 44.7 cm³/mol. The minimum atomic E-state index is -0.367. The molecule has 0 aromatic carbocycles. The van der Waals surface area contributed by atoms with Crippen LogP contribution in [0.2, 0.25) is 0 Å². The summed E-state index contributed by atoms with van der Waals surface area (Å²) in [5, 5.41) is 0. The Morgan fingerprint density at radius 1 is 1.50 bits per heavy atom. The van der Waals surface area contributed by atoms with E-state index in [1.54, 1.807) is 0 Å². The van der Waals surface area contributed by atoms with Crippen LogP contribution in [0.3, 0.4) is 0 Å². The van der Waals surface area contributed by atoms with Crippen molar-refractivity contribution in [2.24, 2.45) is 11.8 Å². The molecule has 0 saturated carbocycles. The lowest BCUT2D eigenvalue weighted by atomic mass is 10.00. The van der Waals surface area contributed by atoms with E-state index in [0.717, 1.165) is 25.7 Å². The molecule has 0 saturated heterocycles.